The van der Waals surface area contributed by atoms with E-state index >= 15 is 0 Å². The van der Waals surface area contributed by atoms with Crippen molar-refractivity contribution in [2.24, 2.45) is 0 Å². The van der Waals surface area contributed by atoms with Gasteiger partial charge < -0.3 is 4.74 Å². The van der Waals surface area contributed by atoms with Gasteiger partial charge in [-0.15, -0.1) is 0 Å². The highest BCUT2D eigenvalue weighted by atomic mass is 35.5. The van der Waals surface area contributed by atoms with Gasteiger partial charge in [-0.05, 0) is 36.4 Å². The summed E-state index contributed by atoms with van der Waals surface area (Å²) in [5.74, 6) is 0.643. The number of para-hydroxylation sites is 1. The van der Waals surface area contributed by atoms with Gasteiger partial charge in [-0.1, -0.05) is 17.7 Å². The average Bonchev–Trinajstić information content (AvgIpc) is 2.40. The predicted molar refractivity (Wildman–Crippen MR) is 76.5 cm³/mol. The summed E-state index contributed by atoms with van der Waals surface area (Å²) in [5, 5.41) is 0.307. The van der Waals surface area contributed by atoms with Gasteiger partial charge >= 0.3 is 0 Å². The van der Waals surface area contributed by atoms with Crippen LogP contribution in [0.4, 0.5) is 0 Å². The lowest BCUT2D eigenvalue weighted by Crippen LogP contribution is -1.97. The predicted octanol–water partition coefficient (Wildman–Crippen LogP) is 3.35. The maximum Gasteiger partial charge on any atom is 0.175 e. The van der Waals surface area contributed by atoms with Crippen molar-refractivity contribution in [2.75, 3.05) is 6.26 Å². The highest BCUT2D eigenvalue weighted by Gasteiger charge is 2.10. The SMILES string of the molecule is CS(=O)(=O)c1ccc(Oc2c(Cl)cccc2C=O)cc1. The van der Waals surface area contributed by atoms with Gasteiger partial charge in [0.05, 0.1) is 15.5 Å². The Balaban J connectivity index is 2.34. The number of halogens is 1. The molecule has 6 heteroatoms. The van der Waals surface area contributed by atoms with Crippen molar-refractivity contribution in [1.29, 1.82) is 0 Å². The van der Waals surface area contributed by atoms with Crippen LogP contribution < -0.4 is 4.74 Å². The molecule has 104 valence electrons. The van der Waals surface area contributed by atoms with Crippen LogP contribution in [0.25, 0.3) is 0 Å². The third kappa shape index (κ3) is 3.18. The lowest BCUT2D eigenvalue weighted by Gasteiger charge is -2.10. The van der Waals surface area contributed by atoms with Crippen LogP contribution in [0.1, 0.15) is 10.4 Å². The zero-order chi connectivity index (χ0) is 14.8. The monoisotopic (exact) mass is 310 g/mol. The zero-order valence-electron chi connectivity index (χ0n) is 10.5. The molecule has 2 aromatic carbocycles. The van der Waals surface area contributed by atoms with Crippen molar-refractivity contribution >= 4 is 27.7 Å². The molecule has 0 radical (unpaired) electrons. The van der Waals surface area contributed by atoms with Crippen molar-refractivity contribution in [2.45, 2.75) is 4.90 Å². The Kier molecular flexibility index (Phi) is 4.11. The first-order valence-electron chi connectivity index (χ1n) is 5.63. The zero-order valence-corrected chi connectivity index (χ0v) is 12.1. The standard InChI is InChI=1S/C14H11ClO4S/c1-20(17,18)12-7-5-11(6-8-12)19-14-10(9-16)3-2-4-13(14)15/h2-9H,1H3. The van der Waals surface area contributed by atoms with Crippen molar-refractivity contribution < 1.29 is 17.9 Å². The summed E-state index contributed by atoms with van der Waals surface area (Å²) in [5.41, 5.74) is 0.324. The average molecular weight is 311 g/mol. The van der Waals surface area contributed by atoms with Gasteiger partial charge in [-0.25, -0.2) is 8.42 Å². The Morgan fingerprint density at radius 2 is 1.75 bits per heavy atom. The molecular weight excluding hydrogens is 300 g/mol. The molecule has 0 saturated heterocycles. The first-order chi connectivity index (χ1) is 9.41. The second-order valence-electron chi connectivity index (χ2n) is 4.12. The number of rotatable bonds is 4. The van der Waals surface area contributed by atoms with Gasteiger partial charge in [0.15, 0.2) is 21.9 Å². The third-order valence-corrected chi connectivity index (χ3v) is 4.02. The largest absolute Gasteiger partial charge is 0.455 e. The number of carbonyl (C=O) groups excluding carboxylic acids is 1. The van der Waals surface area contributed by atoms with E-state index in [0.717, 1.165) is 6.26 Å². The highest BCUT2D eigenvalue weighted by Crippen LogP contribution is 2.32. The molecule has 0 aliphatic rings. The Morgan fingerprint density at radius 3 is 2.30 bits per heavy atom. The molecule has 2 rings (SSSR count). The van der Waals surface area contributed by atoms with E-state index in [9.17, 15) is 13.2 Å². The topological polar surface area (TPSA) is 60.4 Å². The number of hydrogen-bond acceptors (Lipinski definition) is 4. The number of carbonyl (C=O) groups is 1. The van der Waals surface area contributed by atoms with Gasteiger partial charge in [0, 0.05) is 6.26 Å². The van der Waals surface area contributed by atoms with Crippen LogP contribution in [-0.2, 0) is 9.84 Å². The van der Waals surface area contributed by atoms with Gasteiger partial charge in [0.2, 0.25) is 0 Å². The molecule has 0 heterocycles. The van der Waals surface area contributed by atoms with E-state index in [2.05, 4.69) is 0 Å². The molecule has 0 saturated carbocycles. The Hall–Kier alpha value is -1.85. The number of ether oxygens (including phenoxy) is 1. The molecule has 0 aliphatic heterocycles. The smallest absolute Gasteiger partial charge is 0.175 e. The summed E-state index contributed by atoms with van der Waals surface area (Å²) in [6, 6.07) is 10.7. The molecule has 0 unspecified atom stereocenters. The van der Waals surface area contributed by atoms with Crippen LogP contribution in [0.15, 0.2) is 47.4 Å². The van der Waals surface area contributed by atoms with Crippen molar-refractivity contribution in [3.8, 4) is 11.5 Å². The van der Waals surface area contributed by atoms with Crippen molar-refractivity contribution in [3.05, 3.63) is 53.1 Å². The van der Waals surface area contributed by atoms with Gasteiger partial charge in [-0.2, -0.15) is 0 Å². The van der Waals surface area contributed by atoms with Crippen LogP contribution in [0.3, 0.4) is 0 Å². The van der Waals surface area contributed by atoms with Crippen LogP contribution >= 0.6 is 11.6 Å². The molecule has 0 N–H and O–H groups in total. The molecule has 0 bridgehead atoms. The maximum absolute atomic E-state index is 11.3. The third-order valence-electron chi connectivity index (χ3n) is 2.60. The normalized spacial score (nSPS) is 11.1. The van der Waals surface area contributed by atoms with E-state index in [-0.39, 0.29) is 10.6 Å². The molecular formula is C14H11ClO4S. The number of benzene rings is 2. The molecule has 2 aromatic rings. The molecule has 0 aromatic heterocycles. The van der Waals surface area contributed by atoms with Crippen molar-refractivity contribution in [1.82, 2.24) is 0 Å². The maximum atomic E-state index is 11.3. The fraction of sp³-hybridized carbons (Fsp3) is 0.0714. The summed E-state index contributed by atoms with van der Waals surface area (Å²) in [7, 11) is -3.25. The highest BCUT2D eigenvalue weighted by molar-refractivity contribution is 7.90. The molecule has 0 aliphatic carbocycles. The summed E-state index contributed by atoms with van der Waals surface area (Å²) in [4.78, 5) is 11.1. The van der Waals surface area contributed by atoms with E-state index < -0.39 is 9.84 Å². The summed E-state index contributed by atoms with van der Waals surface area (Å²) >= 11 is 5.98. The minimum Gasteiger partial charge on any atom is -0.455 e. The second-order valence-corrected chi connectivity index (χ2v) is 6.54. The quantitative estimate of drug-likeness (QED) is 0.813. The van der Waals surface area contributed by atoms with Crippen LogP contribution in [-0.4, -0.2) is 21.0 Å². The van der Waals surface area contributed by atoms with Crippen LogP contribution in [0.2, 0.25) is 5.02 Å². The Bertz CT molecular complexity index is 736. The first kappa shape index (κ1) is 14.6. The molecule has 0 spiro atoms. The van der Waals surface area contributed by atoms with Gasteiger partial charge in [0.1, 0.15) is 5.75 Å². The van der Waals surface area contributed by atoms with E-state index in [1.807, 2.05) is 0 Å². The van der Waals surface area contributed by atoms with Crippen LogP contribution in [0.5, 0.6) is 11.5 Å². The Labute approximate surface area is 121 Å². The summed E-state index contributed by atoms with van der Waals surface area (Å²) < 4.78 is 28.2. The molecule has 0 atom stereocenters. The molecule has 0 fully saturated rings. The lowest BCUT2D eigenvalue weighted by molar-refractivity contribution is 0.112. The van der Waals surface area contributed by atoms with Crippen molar-refractivity contribution in [3.63, 3.8) is 0 Å². The molecule has 4 nitrogen and oxygen atoms in total. The molecule has 0 amide bonds. The number of sulfone groups is 1. The summed E-state index contributed by atoms with van der Waals surface area (Å²) in [6.07, 6.45) is 1.77. The van der Waals surface area contributed by atoms with E-state index in [1.54, 1.807) is 18.2 Å². The number of aldehydes is 1. The van der Waals surface area contributed by atoms with E-state index in [4.69, 9.17) is 16.3 Å². The second kappa shape index (κ2) is 5.64. The van der Waals surface area contributed by atoms with Gasteiger partial charge in [0.25, 0.3) is 0 Å². The fourth-order valence-electron chi connectivity index (χ4n) is 1.60. The van der Waals surface area contributed by atoms with E-state index in [0.29, 0.717) is 22.6 Å². The minimum absolute atomic E-state index is 0.194. The molecule has 20 heavy (non-hydrogen) atoms. The fourth-order valence-corrected chi connectivity index (χ4v) is 2.45. The minimum atomic E-state index is -3.25. The van der Waals surface area contributed by atoms with Crippen LogP contribution in [0, 0.1) is 0 Å². The lowest BCUT2D eigenvalue weighted by atomic mass is 10.2. The summed E-state index contributed by atoms with van der Waals surface area (Å²) in [6.45, 7) is 0. The number of hydrogen-bond donors (Lipinski definition) is 0. The Morgan fingerprint density at radius 1 is 1.10 bits per heavy atom. The first-order valence-corrected chi connectivity index (χ1v) is 7.90. The van der Waals surface area contributed by atoms with E-state index in [1.165, 1.54) is 24.3 Å². The van der Waals surface area contributed by atoms with Gasteiger partial charge in [-0.3, -0.25) is 4.79 Å².